The van der Waals surface area contributed by atoms with E-state index in [-0.39, 0.29) is 11.9 Å². The summed E-state index contributed by atoms with van der Waals surface area (Å²) in [6.07, 6.45) is 0. The van der Waals surface area contributed by atoms with Gasteiger partial charge in [-0.05, 0) is 54.1 Å². The van der Waals surface area contributed by atoms with Gasteiger partial charge in [0.05, 0.1) is 12.6 Å². The van der Waals surface area contributed by atoms with Crippen LogP contribution in [0.25, 0.3) is 0 Å². The van der Waals surface area contributed by atoms with Crippen molar-refractivity contribution in [2.24, 2.45) is 0 Å². The first kappa shape index (κ1) is 16.0. The van der Waals surface area contributed by atoms with E-state index in [2.05, 4.69) is 16.8 Å². The first-order chi connectivity index (χ1) is 10.0. The summed E-state index contributed by atoms with van der Waals surface area (Å²) >= 11 is 7.54. The molecule has 1 N–H and O–H groups in total. The van der Waals surface area contributed by atoms with Gasteiger partial charge in [0.1, 0.15) is 0 Å². The molecule has 1 aromatic heterocycles. The highest BCUT2D eigenvalue weighted by atomic mass is 35.5. The Morgan fingerprint density at radius 2 is 2.05 bits per heavy atom. The van der Waals surface area contributed by atoms with Crippen LogP contribution in [0, 0.1) is 0 Å². The van der Waals surface area contributed by atoms with E-state index in [1.165, 1.54) is 5.56 Å². The number of likely N-dealkylation sites (N-methyl/N-ethyl adjacent to an activating group) is 1. The van der Waals surface area contributed by atoms with Gasteiger partial charge in [0.25, 0.3) is 0 Å². The topological polar surface area (TPSA) is 32.3 Å². The fourth-order valence-corrected chi connectivity index (χ4v) is 2.90. The Morgan fingerprint density at radius 3 is 2.67 bits per heavy atom. The van der Waals surface area contributed by atoms with Crippen LogP contribution < -0.4 is 5.32 Å². The number of nitrogens with zero attached hydrogens (tertiary/aromatic N) is 1. The monoisotopic (exact) mass is 322 g/mol. The summed E-state index contributed by atoms with van der Waals surface area (Å²) in [6, 6.07) is 9.59. The molecule has 0 unspecified atom stereocenters. The largest absolute Gasteiger partial charge is 0.348 e. The molecule has 21 heavy (non-hydrogen) atoms. The molecule has 0 spiro atoms. The molecule has 5 heteroatoms. The lowest BCUT2D eigenvalue weighted by molar-refractivity contribution is -0.122. The zero-order valence-electron chi connectivity index (χ0n) is 12.2. The Hall–Kier alpha value is -1.36. The number of nitrogens with one attached hydrogen (secondary N) is 1. The van der Waals surface area contributed by atoms with Crippen LogP contribution in [0.2, 0.25) is 5.02 Å². The lowest BCUT2D eigenvalue weighted by atomic mass is 10.1. The standard InChI is InChI=1S/C16H19ClN2OS/c1-12(14-3-5-15(17)6-4-14)18-16(20)10-19(2)9-13-7-8-21-11-13/h3-8,11-12H,9-10H2,1-2H3,(H,18,20)/t12-/m0/s1. The second kappa shape index (κ2) is 7.59. The summed E-state index contributed by atoms with van der Waals surface area (Å²) in [5.74, 6) is 0.0233. The number of benzene rings is 1. The number of thiophene rings is 1. The Balaban J connectivity index is 1.82. The Kier molecular flexibility index (Phi) is 5.79. The van der Waals surface area contributed by atoms with Gasteiger partial charge < -0.3 is 5.32 Å². The molecule has 0 bridgehead atoms. The van der Waals surface area contributed by atoms with E-state index < -0.39 is 0 Å². The molecule has 2 aromatic rings. The zero-order chi connectivity index (χ0) is 15.2. The third kappa shape index (κ3) is 5.16. The number of amides is 1. The van der Waals surface area contributed by atoms with Gasteiger partial charge in [-0.25, -0.2) is 0 Å². The fraction of sp³-hybridized carbons (Fsp3) is 0.312. The van der Waals surface area contributed by atoms with Crippen molar-refractivity contribution in [3.63, 3.8) is 0 Å². The van der Waals surface area contributed by atoms with E-state index in [9.17, 15) is 4.79 Å². The normalized spacial score (nSPS) is 12.4. The van der Waals surface area contributed by atoms with E-state index in [1.54, 1.807) is 11.3 Å². The first-order valence-electron chi connectivity index (χ1n) is 6.79. The van der Waals surface area contributed by atoms with Crippen molar-refractivity contribution in [3.8, 4) is 0 Å². The SMILES string of the molecule is C[C@H](NC(=O)CN(C)Cc1ccsc1)c1ccc(Cl)cc1. The van der Waals surface area contributed by atoms with Gasteiger partial charge in [-0.2, -0.15) is 11.3 Å². The van der Waals surface area contributed by atoms with Crippen molar-refractivity contribution in [1.82, 2.24) is 10.2 Å². The number of carbonyl (C=O) groups is 1. The smallest absolute Gasteiger partial charge is 0.234 e. The molecule has 1 atom stereocenters. The molecule has 0 fully saturated rings. The fourth-order valence-electron chi connectivity index (χ4n) is 2.12. The summed E-state index contributed by atoms with van der Waals surface area (Å²) in [6.45, 7) is 3.14. The summed E-state index contributed by atoms with van der Waals surface area (Å²) in [4.78, 5) is 14.1. The quantitative estimate of drug-likeness (QED) is 0.879. The number of carbonyl (C=O) groups excluding carboxylic acids is 1. The predicted molar refractivity (Wildman–Crippen MR) is 88.7 cm³/mol. The maximum absolute atomic E-state index is 12.1. The lowest BCUT2D eigenvalue weighted by Gasteiger charge is -2.19. The Bertz CT molecular complexity index is 568. The van der Waals surface area contributed by atoms with E-state index in [0.717, 1.165) is 12.1 Å². The molecule has 3 nitrogen and oxygen atoms in total. The molecule has 0 aliphatic heterocycles. The molecule has 0 radical (unpaired) electrons. The van der Waals surface area contributed by atoms with Crippen LogP contribution in [0.4, 0.5) is 0 Å². The third-order valence-corrected chi connectivity index (χ3v) is 4.18. The van der Waals surface area contributed by atoms with Crippen molar-refractivity contribution in [2.45, 2.75) is 19.5 Å². The average molecular weight is 323 g/mol. The van der Waals surface area contributed by atoms with Crippen LogP contribution in [-0.2, 0) is 11.3 Å². The first-order valence-corrected chi connectivity index (χ1v) is 8.11. The van der Waals surface area contributed by atoms with E-state index in [1.807, 2.05) is 48.5 Å². The van der Waals surface area contributed by atoms with Crippen molar-refractivity contribution < 1.29 is 4.79 Å². The minimum atomic E-state index is -0.0238. The van der Waals surface area contributed by atoms with Crippen molar-refractivity contribution in [1.29, 1.82) is 0 Å². The highest BCUT2D eigenvalue weighted by Gasteiger charge is 2.12. The van der Waals surface area contributed by atoms with Crippen LogP contribution in [0.1, 0.15) is 24.1 Å². The van der Waals surface area contributed by atoms with Crippen LogP contribution in [0.3, 0.4) is 0 Å². The molecule has 1 heterocycles. The maximum atomic E-state index is 12.1. The maximum Gasteiger partial charge on any atom is 0.234 e. The highest BCUT2D eigenvalue weighted by Crippen LogP contribution is 2.16. The predicted octanol–water partition coefficient (Wildman–Crippen LogP) is 3.71. The van der Waals surface area contributed by atoms with E-state index in [0.29, 0.717) is 11.6 Å². The minimum absolute atomic E-state index is 0.0233. The van der Waals surface area contributed by atoms with E-state index in [4.69, 9.17) is 11.6 Å². The molecule has 1 aromatic carbocycles. The molecule has 0 aliphatic carbocycles. The molecular weight excluding hydrogens is 304 g/mol. The summed E-state index contributed by atoms with van der Waals surface area (Å²) in [5, 5.41) is 7.86. The molecule has 2 rings (SSSR count). The van der Waals surface area contributed by atoms with Gasteiger partial charge >= 0.3 is 0 Å². The van der Waals surface area contributed by atoms with Gasteiger partial charge in [-0.1, -0.05) is 23.7 Å². The van der Waals surface area contributed by atoms with E-state index >= 15 is 0 Å². The summed E-state index contributed by atoms with van der Waals surface area (Å²) in [7, 11) is 1.95. The Morgan fingerprint density at radius 1 is 1.33 bits per heavy atom. The number of halogens is 1. The van der Waals surface area contributed by atoms with Crippen LogP contribution in [0.5, 0.6) is 0 Å². The van der Waals surface area contributed by atoms with Crippen LogP contribution in [-0.4, -0.2) is 24.4 Å². The molecule has 0 saturated heterocycles. The number of hydrogen-bond donors (Lipinski definition) is 1. The minimum Gasteiger partial charge on any atom is -0.348 e. The second-order valence-corrected chi connectivity index (χ2v) is 6.36. The summed E-state index contributed by atoms with van der Waals surface area (Å²) in [5.41, 5.74) is 2.29. The van der Waals surface area contributed by atoms with Gasteiger partial charge in [0.15, 0.2) is 0 Å². The van der Waals surface area contributed by atoms with Gasteiger partial charge in [-0.3, -0.25) is 9.69 Å². The second-order valence-electron chi connectivity index (χ2n) is 5.14. The van der Waals surface area contributed by atoms with Crippen LogP contribution >= 0.6 is 22.9 Å². The van der Waals surface area contributed by atoms with Crippen molar-refractivity contribution in [2.75, 3.05) is 13.6 Å². The number of hydrogen-bond acceptors (Lipinski definition) is 3. The summed E-state index contributed by atoms with van der Waals surface area (Å²) < 4.78 is 0. The van der Waals surface area contributed by atoms with Crippen molar-refractivity contribution >= 4 is 28.8 Å². The highest BCUT2D eigenvalue weighted by molar-refractivity contribution is 7.07. The molecular formula is C16H19ClN2OS. The number of rotatable bonds is 6. The van der Waals surface area contributed by atoms with Gasteiger partial charge in [0, 0.05) is 11.6 Å². The lowest BCUT2D eigenvalue weighted by Crippen LogP contribution is -2.36. The zero-order valence-corrected chi connectivity index (χ0v) is 13.7. The molecule has 0 saturated carbocycles. The third-order valence-electron chi connectivity index (χ3n) is 3.19. The van der Waals surface area contributed by atoms with Gasteiger partial charge in [0.2, 0.25) is 5.91 Å². The molecule has 1 amide bonds. The Labute approximate surface area is 134 Å². The van der Waals surface area contributed by atoms with Crippen molar-refractivity contribution in [3.05, 3.63) is 57.2 Å². The van der Waals surface area contributed by atoms with Gasteiger partial charge in [-0.15, -0.1) is 0 Å². The molecule has 0 aliphatic rings. The van der Waals surface area contributed by atoms with Crippen LogP contribution in [0.15, 0.2) is 41.1 Å². The molecule has 112 valence electrons. The average Bonchev–Trinajstić information content (AvgIpc) is 2.91.